The summed E-state index contributed by atoms with van der Waals surface area (Å²) in [5, 5.41) is 0.945. The van der Waals surface area contributed by atoms with Crippen LogP contribution in [0.4, 0.5) is 5.69 Å². The van der Waals surface area contributed by atoms with Gasteiger partial charge in [0.05, 0.1) is 0 Å². The Hall–Kier alpha value is -2.69. The maximum Gasteiger partial charge on any atom is 0.274 e. The van der Waals surface area contributed by atoms with E-state index in [-0.39, 0.29) is 5.56 Å². The third kappa shape index (κ3) is 2.64. The molecule has 0 saturated heterocycles. The lowest BCUT2D eigenvalue weighted by molar-refractivity contribution is -0.0787. The van der Waals surface area contributed by atoms with Crippen LogP contribution in [0.1, 0.15) is 32.1 Å². The van der Waals surface area contributed by atoms with Gasteiger partial charge >= 0.3 is 0 Å². The van der Waals surface area contributed by atoms with E-state index < -0.39 is 0 Å². The molecule has 0 amide bonds. The van der Waals surface area contributed by atoms with Gasteiger partial charge in [0.25, 0.3) is 5.56 Å². The number of ether oxygens (including phenoxy) is 1. The van der Waals surface area contributed by atoms with Crippen molar-refractivity contribution in [2.75, 3.05) is 5.73 Å². The van der Waals surface area contributed by atoms with Gasteiger partial charge in [-0.2, -0.15) is 0 Å². The van der Waals surface area contributed by atoms with Gasteiger partial charge < -0.3 is 19.6 Å². The van der Waals surface area contributed by atoms with E-state index in [1.54, 1.807) is 4.57 Å². The Morgan fingerprint density at radius 1 is 0.933 bits per heavy atom. The van der Waals surface area contributed by atoms with Gasteiger partial charge in [0.15, 0.2) is 0 Å². The highest BCUT2D eigenvalue weighted by molar-refractivity contribution is 5.96. The van der Waals surface area contributed by atoms with Gasteiger partial charge in [-0.15, -0.1) is 0 Å². The Bertz CT molecular complexity index is 1180. The van der Waals surface area contributed by atoms with E-state index in [2.05, 4.69) is 0 Å². The van der Waals surface area contributed by atoms with Crippen LogP contribution in [0.2, 0.25) is 0 Å². The third-order valence-electron chi connectivity index (χ3n) is 7.91. The Morgan fingerprint density at radius 2 is 1.63 bits per heavy atom. The van der Waals surface area contributed by atoms with Crippen LogP contribution in [0.5, 0.6) is 5.75 Å². The Kier molecular flexibility index (Phi) is 3.86. The molecule has 1 aromatic carbocycles. The first-order valence-electron chi connectivity index (χ1n) is 11.2. The first-order chi connectivity index (χ1) is 14.5. The minimum atomic E-state index is 0.00802. The summed E-state index contributed by atoms with van der Waals surface area (Å²) in [5.41, 5.74) is 9.61. The highest BCUT2D eigenvalue weighted by Crippen LogP contribution is 2.55. The summed E-state index contributed by atoms with van der Waals surface area (Å²) in [6.45, 7) is 0. The Balaban J connectivity index is 1.46. The summed E-state index contributed by atoms with van der Waals surface area (Å²) in [6, 6.07) is 7.97. The number of fused-ring (bicyclic) bond motifs is 1. The van der Waals surface area contributed by atoms with Gasteiger partial charge in [-0.25, -0.2) is 0 Å². The minimum absolute atomic E-state index is 0.00802. The number of pyridine rings is 1. The molecule has 156 valence electrons. The van der Waals surface area contributed by atoms with Gasteiger partial charge in [-0.1, -0.05) is 0 Å². The zero-order valence-electron chi connectivity index (χ0n) is 17.7. The number of aromatic nitrogens is 2. The van der Waals surface area contributed by atoms with E-state index in [1.807, 2.05) is 55.3 Å². The molecular weight excluding hydrogens is 374 g/mol. The van der Waals surface area contributed by atoms with Crippen molar-refractivity contribution in [3.8, 4) is 16.9 Å². The van der Waals surface area contributed by atoms with E-state index in [4.69, 9.17) is 10.5 Å². The average Bonchev–Trinajstić information content (AvgIpc) is 3.10. The molecular formula is C25H29N3O2. The number of hydrogen-bond donors (Lipinski definition) is 1. The largest absolute Gasteiger partial charge is 0.489 e. The van der Waals surface area contributed by atoms with Crippen LogP contribution in [0, 0.1) is 23.7 Å². The van der Waals surface area contributed by atoms with Crippen molar-refractivity contribution >= 4 is 16.6 Å². The lowest BCUT2D eigenvalue weighted by Gasteiger charge is -2.53. The predicted molar refractivity (Wildman–Crippen MR) is 119 cm³/mol. The van der Waals surface area contributed by atoms with Crippen molar-refractivity contribution in [2.24, 2.45) is 37.8 Å². The highest BCUT2D eigenvalue weighted by atomic mass is 16.5. The van der Waals surface area contributed by atoms with Gasteiger partial charge in [0, 0.05) is 48.7 Å². The molecule has 4 aliphatic rings. The molecule has 4 saturated carbocycles. The van der Waals surface area contributed by atoms with Crippen LogP contribution in [0.15, 0.2) is 41.5 Å². The molecule has 0 unspecified atom stereocenters. The van der Waals surface area contributed by atoms with Crippen molar-refractivity contribution in [1.82, 2.24) is 9.13 Å². The van der Waals surface area contributed by atoms with Crippen molar-refractivity contribution in [3.63, 3.8) is 0 Å². The standard InChI is InChI=1S/C25H29N3O2/c1-27-6-5-19-21(13-28(2)25(29)23(19)27)20-12-18(26)3-4-22(20)30-24-16-8-14-7-15(10-16)11-17(24)9-14/h3-6,12-17,24H,7-11,26H2,1-2H3. The zero-order valence-corrected chi connectivity index (χ0v) is 17.7. The van der Waals surface area contributed by atoms with Crippen LogP contribution in [-0.2, 0) is 14.1 Å². The van der Waals surface area contributed by atoms with Gasteiger partial charge in [-0.05, 0) is 80.0 Å². The first-order valence-corrected chi connectivity index (χ1v) is 11.2. The van der Waals surface area contributed by atoms with Gasteiger partial charge in [-0.3, -0.25) is 4.79 Å². The maximum absolute atomic E-state index is 12.7. The quantitative estimate of drug-likeness (QED) is 0.662. The van der Waals surface area contributed by atoms with Crippen LogP contribution < -0.4 is 16.0 Å². The third-order valence-corrected chi connectivity index (χ3v) is 7.91. The fraction of sp³-hybridized carbons (Fsp3) is 0.480. The second kappa shape index (κ2) is 6.40. The topological polar surface area (TPSA) is 62.2 Å². The van der Waals surface area contributed by atoms with Crippen LogP contribution >= 0.6 is 0 Å². The molecule has 0 aliphatic heterocycles. The monoisotopic (exact) mass is 403 g/mol. The summed E-state index contributed by atoms with van der Waals surface area (Å²) in [4.78, 5) is 12.7. The number of nitrogens with two attached hydrogens (primary N) is 1. The molecule has 4 bridgehead atoms. The highest BCUT2D eigenvalue weighted by Gasteiger charge is 2.49. The van der Waals surface area contributed by atoms with Crippen LogP contribution in [0.25, 0.3) is 22.0 Å². The smallest absolute Gasteiger partial charge is 0.274 e. The summed E-state index contributed by atoms with van der Waals surface area (Å²) >= 11 is 0. The fourth-order valence-electron chi connectivity index (χ4n) is 6.79. The first kappa shape index (κ1) is 18.1. The predicted octanol–water partition coefficient (Wildman–Crippen LogP) is 4.33. The number of rotatable bonds is 3. The number of nitrogens with zero attached hydrogens (tertiary/aromatic N) is 2. The second-order valence-electron chi connectivity index (χ2n) is 9.92. The van der Waals surface area contributed by atoms with E-state index in [9.17, 15) is 4.79 Å². The zero-order chi connectivity index (χ0) is 20.6. The average molecular weight is 404 g/mol. The molecule has 0 radical (unpaired) electrons. The number of anilines is 1. The molecule has 2 N–H and O–H groups in total. The number of hydrogen-bond acceptors (Lipinski definition) is 3. The molecule has 2 aromatic heterocycles. The Labute approximate surface area is 176 Å². The Morgan fingerprint density at radius 3 is 2.33 bits per heavy atom. The molecule has 5 nitrogen and oxygen atoms in total. The van der Waals surface area contributed by atoms with E-state index in [0.29, 0.717) is 29.1 Å². The molecule has 5 heteroatoms. The summed E-state index contributed by atoms with van der Waals surface area (Å²) in [7, 11) is 3.72. The van der Waals surface area contributed by atoms with Crippen molar-refractivity contribution in [1.29, 1.82) is 0 Å². The molecule has 0 atom stereocenters. The SMILES string of the molecule is Cn1cc(-c2cc(N)ccc2OC2C3CC4CC(C3)CC2C4)c2ccn(C)c2c1=O. The molecule has 7 rings (SSSR count). The second-order valence-corrected chi connectivity index (χ2v) is 9.92. The summed E-state index contributed by atoms with van der Waals surface area (Å²) in [6.07, 6.45) is 10.9. The lowest BCUT2D eigenvalue weighted by Crippen LogP contribution is -2.50. The maximum atomic E-state index is 12.7. The minimum Gasteiger partial charge on any atom is -0.489 e. The van der Waals surface area contributed by atoms with Crippen LogP contribution in [-0.4, -0.2) is 15.2 Å². The molecule has 3 aromatic rings. The van der Waals surface area contributed by atoms with Gasteiger partial charge in [0.2, 0.25) is 0 Å². The van der Waals surface area contributed by atoms with Crippen molar-refractivity contribution < 1.29 is 4.74 Å². The van der Waals surface area contributed by atoms with E-state index in [1.165, 1.54) is 32.1 Å². The van der Waals surface area contributed by atoms with Crippen LogP contribution in [0.3, 0.4) is 0 Å². The van der Waals surface area contributed by atoms with Crippen molar-refractivity contribution in [3.05, 3.63) is 47.0 Å². The molecule has 2 heterocycles. The summed E-state index contributed by atoms with van der Waals surface area (Å²) < 4.78 is 10.4. The number of benzene rings is 1. The fourth-order valence-corrected chi connectivity index (χ4v) is 6.79. The lowest BCUT2D eigenvalue weighted by atomic mass is 9.55. The number of nitrogen functional groups attached to an aromatic ring is 1. The summed E-state index contributed by atoms with van der Waals surface area (Å²) in [5.74, 6) is 4.11. The van der Waals surface area contributed by atoms with E-state index >= 15 is 0 Å². The van der Waals surface area contributed by atoms with Crippen molar-refractivity contribution in [2.45, 2.75) is 38.2 Å². The molecule has 30 heavy (non-hydrogen) atoms. The molecule has 4 aliphatic carbocycles. The van der Waals surface area contributed by atoms with E-state index in [0.717, 1.165) is 34.1 Å². The normalized spacial score (nSPS) is 29.6. The molecule has 0 spiro atoms. The van der Waals surface area contributed by atoms with Gasteiger partial charge in [0.1, 0.15) is 17.4 Å². The number of aryl methyl sites for hydroxylation is 2. The molecule has 4 fully saturated rings.